The molecule has 5 aromatic rings. The third-order valence-electron chi connectivity index (χ3n) is 4.94. The van der Waals surface area contributed by atoms with E-state index in [9.17, 15) is 0 Å². The smallest absolute Gasteiger partial charge is 0.227 e. The molecule has 0 aliphatic heterocycles. The first-order chi connectivity index (χ1) is 14.4. The molecule has 0 saturated heterocycles. The average molecular weight is 373 g/mol. The number of hydrogen-bond acceptors (Lipinski definition) is 2. The molecule has 29 heavy (non-hydrogen) atoms. The summed E-state index contributed by atoms with van der Waals surface area (Å²) in [6, 6.07) is 37.0. The molecular formula is C27H19NO. The van der Waals surface area contributed by atoms with Crippen molar-refractivity contribution in [2.24, 2.45) is 0 Å². The molecule has 0 fully saturated rings. The molecule has 0 spiro atoms. The fraction of sp³-hybridized carbons (Fsp3) is 0. The minimum Gasteiger partial charge on any atom is -0.436 e. The van der Waals surface area contributed by atoms with Crippen molar-refractivity contribution < 1.29 is 4.42 Å². The number of oxazole rings is 1. The first-order valence-electron chi connectivity index (χ1n) is 9.66. The Morgan fingerprint density at radius 2 is 1.31 bits per heavy atom. The zero-order valence-electron chi connectivity index (χ0n) is 15.8. The Hall–Kier alpha value is -3.91. The zero-order chi connectivity index (χ0) is 19.5. The summed E-state index contributed by atoms with van der Waals surface area (Å²) in [6.07, 6.45) is 2.22. The van der Waals surface area contributed by atoms with Crippen molar-refractivity contribution in [1.29, 1.82) is 0 Å². The normalized spacial score (nSPS) is 11.7. The van der Waals surface area contributed by atoms with Gasteiger partial charge in [0, 0.05) is 5.56 Å². The molecule has 0 aliphatic carbocycles. The van der Waals surface area contributed by atoms with Gasteiger partial charge < -0.3 is 4.42 Å². The molecule has 0 atom stereocenters. The molecule has 0 aliphatic rings. The summed E-state index contributed by atoms with van der Waals surface area (Å²) in [6.45, 7) is 0. The fourth-order valence-electron chi connectivity index (χ4n) is 3.54. The van der Waals surface area contributed by atoms with Gasteiger partial charge >= 0.3 is 0 Å². The van der Waals surface area contributed by atoms with Crippen molar-refractivity contribution in [1.82, 2.24) is 4.98 Å². The lowest BCUT2D eigenvalue weighted by Crippen LogP contribution is -1.92. The zero-order valence-corrected chi connectivity index (χ0v) is 15.8. The Kier molecular flexibility index (Phi) is 4.51. The van der Waals surface area contributed by atoms with Crippen LogP contribution in [0.3, 0.4) is 0 Å². The van der Waals surface area contributed by atoms with Crippen LogP contribution in [-0.4, -0.2) is 4.98 Å². The second-order valence-corrected chi connectivity index (χ2v) is 6.87. The van der Waals surface area contributed by atoms with Crippen LogP contribution in [-0.2, 0) is 0 Å². The van der Waals surface area contributed by atoms with Gasteiger partial charge in [-0.15, -0.1) is 0 Å². The van der Waals surface area contributed by atoms with Crippen LogP contribution in [0.5, 0.6) is 0 Å². The predicted molar refractivity (Wildman–Crippen MR) is 119 cm³/mol. The third-order valence-corrected chi connectivity index (χ3v) is 4.94. The van der Waals surface area contributed by atoms with Crippen LogP contribution in [0.15, 0.2) is 114 Å². The Morgan fingerprint density at radius 1 is 0.655 bits per heavy atom. The highest BCUT2D eigenvalue weighted by molar-refractivity contribution is 5.96. The molecule has 4 aromatic carbocycles. The second kappa shape index (κ2) is 7.61. The van der Waals surface area contributed by atoms with E-state index in [4.69, 9.17) is 9.40 Å². The van der Waals surface area contributed by atoms with Gasteiger partial charge in [-0.25, -0.2) is 4.98 Å². The van der Waals surface area contributed by atoms with Gasteiger partial charge in [0.2, 0.25) is 5.89 Å². The maximum Gasteiger partial charge on any atom is 0.227 e. The first-order valence-corrected chi connectivity index (χ1v) is 9.66. The van der Waals surface area contributed by atoms with Crippen LogP contribution >= 0.6 is 0 Å². The number of fused-ring (bicyclic) bond motifs is 1. The number of nitrogens with zero attached hydrogens (tertiary/aromatic N) is 1. The maximum absolute atomic E-state index is 6.09. The summed E-state index contributed by atoms with van der Waals surface area (Å²) in [5.41, 5.74) is 7.17. The van der Waals surface area contributed by atoms with E-state index < -0.39 is 0 Å². The van der Waals surface area contributed by atoms with Gasteiger partial charge in [-0.3, -0.25) is 0 Å². The Balaban J connectivity index is 1.72. The summed E-state index contributed by atoms with van der Waals surface area (Å²) in [4.78, 5) is 4.73. The summed E-state index contributed by atoms with van der Waals surface area (Å²) in [5, 5.41) is 0. The Morgan fingerprint density at radius 3 is 2.10 bits per heavy atom. The maximum atomic E-state index is 6.09. The van der Waals surface area contributed by atoms with Gasteiger partial charge in [0.1, 0.15) is 5.52 Å². The van der Waals surface area contributed by atoms with Gasteiger partial charge in [-0.1, -0.05) is 91.0 Å². The van der Waals surface area contributed by atoms with Gasteiger partial charge in [0.05, 0.1) is 0 Å². The van der Waals surface area contributed by atoms with Crippen molar-refractivity contribution in [2.45, 2.75) is 0 Å². The van der Waals surface area contributed by atoms with E-state index in [-0.39, 0.29) is 0 Å². The molecule has 2 heteroatoms. The molecule has 5 rings (SSSR count). The number of hydrogen-bond donors (Lipinski definition) is 0. The molecule has 0 N–H and O–H groups in total. The monoisotopic (exact) mass is 373 g/mol. The highest BCUT2D eigenvalue weighted by Gasteiger charge is 2.16. The lowest BCUT2D eigenvalue weighted by atomic mass is 9.92. The minimum atomic E-state index is 0.636. The molecule has 1 heterocycles. The molecule has 0 unspecified atom stereocenters. The topological polar surface area (TPSA) is 26.0 Å². The van der Waals surface area contributed by atoms with Gasteiger partial charge in [0.15, 0.2) is 5.58 Å². The highest BCUT2D eigenvalue weighted by Crippen LogP contribution is 2.35. The van der Waals surface area contributed by atoms with E-state index >= 15 is 0 Å². The van der Waals surface area contributed by atoms with Crippen molar-refractivity contribution >= 4 is 22.7 Å². The minimum absolute atomic E-state index is 0.636. The molecule has 0 saturated carbocycles. The van der Waals surface area contributed by atoms with Crippen LogP contribution in [0.25, 0.3) is 34.2 Å². The van der Waals surface area contributed by atoms with E-state index in [0.717, 1.165) is 38.9 Å². The van der Waals surface area contributed by atoms with E-state index in [1.807, 2.05) is 42.5 Å². The Labute approximate surface area is 169 Å². The van der Waals surface area contributed by atoms with Crippen LogP contribution < -0.4 is 0 Å². The average Bonchev–Trinajstić information content (AvgIpc) is 3.23. The van der Waals surface area contributed by atoms with E-state index in [1.165, 1.54) is 0 Å². The number of rotatable bonds is 4. The van der Waals surface area contributed by atoms with Gasteiger partial charge in [0.25, 0.3) is 0 Å². The van der Waals surface area contributed by atoms with Crippen LogP contribution in [0, 0.1) is 0 Å². The third kappa shape index (κ3) is 3.48. The summed E-state index contributed by atoms with van der Waals surface area (Å²) in [5.74, 6) is 0.636. The highest BCUT2D eigenvalue weighted by atomic mass is 16.3. The SMILES string of the molecule is C(=C(c1ccccc1)c1ccccc1-c1nc2ccccc2o1)c1ccccc1. The van der Waals surface area contributed by atoms with Crippen LogP contribution in [0.2, 0.25) is 0 Å². The van der Waals surface area contributed by atoms with Crippen molar-refractivity contribution in [3.05, 3.63) is 126 Å². The van der Waals surface area contributed by atoms with Crippen molar-refractivity contribution in [3.63, 3.8) is 0 Å². The molecule has 0 amide bonds. The standard InChI is InChI=1S/C27H19NO/c1-3-11-20(12-4-1)19-24(21-13-5-2-6-14-21)22-15-7-8-16-23(22)27-28-25-17-9-10-18-26(25)29-27/h1-19H. The summed E-state index contributed by atoms with van der Waals surface area (Å²) in [7, 11) is 0. The van der Waals surface area contributed by atoms with E-state index in [1.54, 1.807) is 0 Å². The predicted octanol–water partition coefficient (Wildman–Crippen LogP) is 7.08. The van der Waals surface area contributed by atoms with Crippen molar-refractivity contribution in [2.75, 3.05) is 0 Å². The summed E-state index contributed by atoms with van der Waals surface area (Å²) >= 11 is 0. The van der Waals surface area contributed by atoms with Crippen molar-refractivity contribution in [3.8, 4) is 11.5 Å². The summed E-state index contributed by atoms with van der Waals surface area (Å²) < 4.78 is 6.09. The second-order valence-electron chi connectivity index (χ2n) is 6.87. The lowest BCUT2D eigenvalue weighted by molar-refractivity contribution is 0.619. The largest absolute Gasteiger partial charge is 0.436 e. The first kappa shape index (κ1) is 17.2. The quantitative estimate of drug-likeness (QED) is 0.314. The Bertz CT molecular complexity index is 1250. The molecule has 138 valence electrons. The number of benzene rings is 4. The fourth-order valence-corrected chi connectivity index (χ4v) is 3.54. The number of aromatic nitrogens is 1. The molecular weight excluding hydrogens is 354 g/mol. The van der Waals surface area contributed by atoms with E-state index in [0.29, 0.717) is 5.89 Å². The van der Waals surface area contributed by atoms with E-state index in [2.05, 4.69) is 72.8 Å². The molecule has 1 aromatic heterocycles. The van der Waals surface area contributed by atoms with Gasteiger partial charge in [-0.2, -0.15) is 0 Å². The van der Waals surface area contributed by atoms with Crippen LogP contribution in [0.1, 0.15) is 16.7 Å². The number of para-hydroxylation sites is 2. The van der Waals surface area contributed by atoms with Crippen LogP contribution in [0.4, 0.5) is 0 Å². The van der Waals surface area contributed by atoms with Gasteiger partial charge in [-0.05, 0) is 46.5 Å². The molecule has 0 bridgehead atoms. The lowest BCUT2D eigenvalue weighted by Gasteiger charge is -2.12. The molecule has 2 nitrogen and oxygen atoms in total. The molecule has 0 radical (unpaired) electrons.